The number of hydrogen-bond acceptors (Lipinski definition) is 6. The number of hydrogen-bond donors (Lipinski definition) is 3. The van der Waals surface area contributed by atoms with Gasteiger partial charge in [0.2, 0.25) is 0 Å². The van der Waals surface area contributed by atoms with Crippen LogP contribution in [-0.4, -0.2) is 58.5 Å². The number of nitrogens with one attached hydrogen (secondary N) is 1. The Morgan fingerprint density at radius 2 is 2.12 bits per heavy atom. The van der Waals surface area contributed by atoms with Crippen LogP contribution in [0.1, 0.15) is 0 Å². The Kier molecular flexibility index (Phi) is 4.38. The summed E-state index contributed by atoms with van der Waals surface area (Å²) in [5, 5.41) is 10.9. The summed E-state index contributed by atoms with van der Waals surface area (Å²) in [7, 11) is -3.36. The van der Waals surface area contributed by atoms with Gasteiger partial charge in [-0.25, -0.2) is 8.42 Å². The highest BCUT2D eigenvalue weighted by molar-refractivity contribution is 7.91. The molecule has 0 radical (unpaired) electrons. The normalized spacial score (nSPS) is 30.1. The van der Waals surface area contributed by atoms with E-state index in [0.29, 0.717) is 0 Å². The van der Waals surface area contributed by atoms with E-state index in [-0.39, 0.29) is 5.75 Å². The van der Waals surface area contributed by atoms with Gasteiger partial charge in [0.25, 0.3) is 0 Å². The molecule has 10 heteroatoms. The predicted molar refractivity (Wildman–Crippen MR) is 53.7 cm³/mol. The quantitative estimate of drug-likeness (QED) is 0.489. The van der Waals surface area contributed by atoms with Crippen molar-refractivity contribution in [3.05, 3.63) is 0 Å². The summed E-state index contributed by atoms with van der Waals surface area (Å²) in [5.74, 6) is -1.84. The lowest BCUT2D eigenvalue weighted by Crippen LogP contribution is -2.43. The first kappa shape index (κ1) is 13.5. The van der Waals surface area contributed by atoms with Crippen molar-refractivity contribution in [3.63, 3.8) is 0 Å². The third kappa shape index (κ3) is 4.14. The molecular formula is C6H11NO7S2. The summed E-state index contributed by atoms with van der Waals surface area (Å²) >= 11 is -2.58. The first-order chi connectivity index (χ1) is 7.30. The average Bonchev–Trinajstić information content (AvgIpc) is 2.36. The van der Waals surface area contributed by atoms with Crippen molar-refractivity contribution < 1.29 is 31.3 Å². The summed E-state index contributed by atoms with van der Waals surface area (Å²) in [6.07, 6.45) is -1.00. The highest BCUT2D eigenvalue weighted by Crippen LogP contribution is 2.16. The Labute approximate surface area is 94.4 Å². The maximum atomic E-state index is 11.2. The lowest BCUT2D eigenvalue weighted by atomic mass is 10.2. The van der Waals surface area contributed by atoms with Gasteiger partial charge < -0.3 is 10.4 Å². The van der Waals surface area contributed by atoms with Crippen LogP contribution < -0.4 is 5.32 Å². The summed E-state index contributed by atoms with van der Waals surface area (Å²) < 4.78 is 45.8. The molecule has 0 aromatic rings. The van der Waals surface area contributed by atoms with Crippen LogP contribution in [0.15, 0.2) is 0 Å². The lowest BCUT2D eigenvalue weighted by Gasteiger charge is -2.16. The van der Waals surface area contributed by atoms with Crippen molar-refractivity contribution >= 4 is 27.2 Å². The van der Waals surface area contributed by atoms with E-state index < -0.39 is 51.6 Å². The molecule has 0 aromatic carbocycles. The van der Waals surface area contributed by atoms with Crippen LogP contribution >= 0.6 is 0 Å². The standard InChI is InChI=1S/C6H11NO7S2/c8-6(9)1-7-4-2-16(12,13)3-5(4)14-15(10)11/h4-5,7H,1-3H2,(H,8,9)(H,10,11)/t4-,5+/m1/s1. The summed E-state index contributed by atoms with van der Waals surface area (Å²) in [4.78, 5) is 10.3. The third-order valence-electron chi connectivity index (χ3n) is 2.02. The van der Waals surface area contributed by atoms with Crippen molar-refractivity contribution in [1.29, 1.82) is 0 Å². The predicted octanol–water partition coefficient (Wildman–Crippen LogP) is -2.02. The lowest BCUT2D eigenvalue weighted by molar-refractivity contribution is -0.136. The maximum Gasteiger partial charge on any atom is 0.317 e. The van der Waals surface area contributed by atoms with Gasteiger partial charge in [-0.05, 0) is 0 Å². The zero-order valence-corrected chi connectivity index (χ0v) is 9.66. The Balaban J connectivity index is 2.64. The molecule has 1 saturated heterocycles. The zero-order chi connectivity index (χ0) is 12.3. The minimum Gasteiger partial charge on any atom is -0.480 e. The summed E-state index contributed by atoms with van der Waals surface area (Å²) in [6.45, 7) is -0.432. The zero-order valence-electron chi connectivity index (χ0n) is 8.03. The second kappa shape index (κ2) is 5.19. The minimum absolute atomic E-state index is 0.303. The molecule has 1 aliphatic heterocycles. The van der Waals surface area contributed by atoms with E-state index >= 15 is 0 Å². The van der Waals surface area contributed by atoms with Crippen LogP contribution in [-0.2, 0) is 30.2 Å². The van der Waals surface area contributed by atoms with Crippen LogP contribution in [0.2, 0.25) is 0 Å². The summed E-state index contributed by atoms with van der Waals surface area (Å²) in [5.41, 5.74) is 0. The Morgan fingerprint density at radius 1 is 1.50 bits per heavy atom. The smallest absolute Gasteiger partial charge is 0.317 e. The van der Waals surface area contributed by atoms with Crippen molar-refractivity contribution in [3.8, 4) is 0 Å². The molecule has 0 amide bonds. The first-order valence-electron chi connectivity index (χ1n) is 4.24. The number of carbonyl (C=O) groups is 1. The topological polar surface area (TPSA) is 130 Å². The van der Waals surface area contributed by atoms with Crippen LogP contribution in [0, 0.1) is 0 Å². The van der Waals surface area contributed by atoms with Gasteiger partial charge in [-0.3, -0.25) is 13.5 Å². The number of sulfone groups is 1. The number of carboxylic acids is 1. The highest BCUT2D eigenvalue weighted by atomic mass is 32.2. The molecule has 8 nitrogen and oxygen atoms in total. The van der Waals surface area contributed by atoms with Crippen molar-refractivity contribution in [2.75, 3.05) is 18.1 Å². The van der Waals surface area contributed by atoms with Crippen molar-refractivity contribution in [1.82, 2.24) is 5.32 Å². The maximum absolute atomic E-state index is 11.2. The molecular weight excluding hydrogens is 262 g/mol. The molecule has 3 atom stereocenters. The highest BCUT2D eigenvalue weighted by Gasteiger charge is 2.39. The van der Waals surface area contributed by atoms with Crippen LogP contribution in [0.4, 0.5) is 0 Å². The largest absolute Gasteiger partial charge is 0.480 e. The van der Waals surface area contributed by atoms with E-state index in [0.717, 1.165) is 0 Å². The molecule has 1 fully saturated rings. The second-order valence-electron chi connectivity index (χ2n) is 3.31. The summed E-state index contributed by atoms with van der Waals surface area (Å²) in [6, 6.07) is -0.780. The van der Waals surface area contributed by atoms with Gasteiger partial charge in [-0.1, -0.05) is 0 Å². The van der Waals surface area contributed by atoms with E-state index in [9.17, 15) is 17.4 Å². The van der Waals surface area contributed by atoms with Gasteiger partial charge in [0, 0.05) is 0 Å². The van der Waals surface area contributed by atoms with Gasteiger partial charge in [0.05, 0.1) is 24.1 Å². The van der Waals surface area contributed by atoms with Gasteiger partial charge in [-0.2, -0.15) is 4.21 Å². The van der Waals surface area contributed by atoms with E-state index in [1.807, 2.05) is 0 Å². The van der Waals surface area contributed by atoms with Crippen LogP contribution in [0.25, 0.3) is 0 Å². The second-order valence-corrected chi connectivity index (χ2v) is 6.09. The number of carboxylic acid groups (broad SMARTS) is 1. The third-order valence-corrected chi connectivity index (χ3v) is 4.14. The molecule has 94 valence electrons. The van der Waals surface area contributed by atoms with Crippen LogP contribution in [0.3, 0.4) is 0 Å². The van der Waals surface area contributed by atoms with Gasteiger partial charge >= 0.3 is 17.3 Å². The fourth-order valence-corrected chi connectivity index (χ4v) is 3.74. The SMILES string of the molecule is O=C(O)CN[C@@H]1CS(=O)(=O)C[C@@H]1OS(=O)O. The Morgan fingerprint density at radius 3 is 2.62 bits per heavy atom. The fraction of sp³-hybridized carbons (Fsp3) is 0.833. The average molecular weight is 273 g/mol. The molecule has 1 aliphatic rings. The molecule has 1 rings (SSSR count). The van der Waals surface area contributed by atoms with Gasteiger partial charge in [0.15, 0.2) is 9.84 Å². The molecule has 0 saturated carbocycles. The van der Waals surface area contributed by atoms with E-state index in [4.69, 9.17) is 9.66 Å². The Bertz CT molecular complexity index is 392. The fourth-order valence-electron chi connectivity index (χ4n) is 1.42. The van der Waals surface area contributed by atoms with E-state index in [2.05, 4.69) is 9.50 Å². The Hall–Kier alpha value is -0.550. The van der Waals surface area contributed by atoms with Crippen molar-refractivity contribution in [2.45, 2.75) is 12.1 Å². The molecule has 0 aromatic heterocycles. The molecule has 1 unspecified atom stereocenters. The van der Waals surface area contributed by atoms with Crippen LogP contribution in [0.5, 0.6) is 0 Å². The molecule has 0 bridgehead atoms. The van der Waals surface area contributed by atoms with Gasteiger partial charge in [0.1, 0.15) is 6.10 Å². The van der Waals surface area contributed by atoms with Crippen molar-refractivity contribution in [2.24, 2.45) is 0 Å². The molecule has 0 aliphatic carbocycles. The van der Waals surface area contributed by atoms with Gasteiger partial charge in [-0.15, -0.1) is 0 Å². The first-order valence-corrected chi connectivity index (χ1v) is 7.09. The minimum atomic E-state index is -3.36. The molecule has 16 heavy (non-hydrogen) atoms. The van der Waals surface area contributed by atoms with E-state index in [1.165, 1.54) is 0 Å². The monoisotopic (exact) mass is 273 g/mol. The number of rotatable bonds is 5. The molecule has 1 heterocycles. The molecule has 0 spiro atoms. The van der Waals surface area contributed by atoms with E-state index in [1.54, 1.807) is 0 Å². The number of aliphatic carboxylic acids is 1. The molecule has 3 N–H and O–H groups in total.